The predicted octanol–water partition coefficient (Wildman–Crippen LogP) is 0.453. The molecule has 2 fully saturated rings. The normalized spacial score (nSPS) is 23.6. The monoisotopic (exact) mass is 297 g/mol. The molecule has 1 aromatic heterocycles. The summed E-state index contributed by atoms with van der Waals surface area (Å²) in [5, 5.41) is 2.85. The highest BCUT2D eigenvalue weighted by Crippen LogP contribution is 2.18. The molecule has 0 spiro atoms. The number of urea groups is 1. The quantitative estimate of drug-likeness (QED) is 0.818. The fraction of sp³-hybridized carbons (Fsp3) is 0.500. The molecule has 90 valence electrons. The van der Waals surface area contributed by atoms with Gasteiger partial charge in [-0.2, -0.15) is 0 Å². The Hall–Kier alpha value is -1.37. The van der Waals surface area contributed by atoms with E-state index in [1.54, 1.807) is 12.4 Å². The van der Waals surface area contributed by atoms with Crippen molar-refractivity contribution in [2.75, 3.05) is 31.1 Å². The Kier molecular flexibility index (Phi) is 2.62. The Bertz CT molecular complexity index is 437. The average Bonchev–Trinajstić information content (AvgIpc) is 2.72. The molecular weight excluding hydrogens is 286 g/mol. The Labute approximate surface area is 107 Å². The molecule has 17 heavy (non-hydrogen) atoms. The highest BCUT2D eigenvalue weighted by molar-refractivity contribution is 9.10. The lowest BCUT2D eigenvalue weighted by atomic mass is 10.2. The fourth-order valence-corrected chi connectivity index (χ4v) is 2.46. The highest BCUT2D eigenvalue weighted by atomic mass is 79.9. The summed E-state index contributed by atoms with van der Waals surface area (Å²) < 4.78 is 0.873. The van der Waals surface area contributed by atoms with Crippen molar-refractivity contribution < 1.29 is 4.79 Å². The van der Waals surface area contributed by atoms with E-state index in [1.165, 1.54) is 0 Å². The lowest BCUT2D eigenvalue weighted by Crippen LogP contribution is -2.52. The van der Waals surface area contributed by atoms with Crippen LogP contribution in [0.25, 0.3) is 0 Å². The number of rotatable bonds is 1. The maximum atomic E-state index is 11.5. The second-order valence-corrected chi connectivity index (χ2v) is 5.10. The number of nitrogens with zero attached hydrogens (tertiary/aromatic N) is 4. The van der Waals surface area contributed by atoms with Crippen LogP contribution >= 0.6 is 15.9 Å². The zero-order valence-electron chi connectivity index (χ0n) is 9.14. The summed E-state index contributed by atoms with van der Waals surface area (Å²) in [6.45, 7) is 3.02. The number of hydrogen-bond acceptors (Lipinski definition) is 4. The Morgan fingerprint density at radius 1 is 1.35 bits per heavy atom. The number of piperazine rings is 1. The minimum Gasteiger partial charge on any atom is -0.337 e. The van der Waals surface area contributed by atoms with Gasteiger partial charge in [0.05, 0.1) is 10.5 Å². The van der Waals surface area contributed by atoms with Gasteiger partial charge in [-0.25, -0.2) is 14.8 Å². The predicted molar refractivity (Wildman–Crippen MR) is 65.8 cm³/mol. The molecule has 6 nitrogen and oxygen atoms in total. The minimum absolute atomic E-state index is 0.0476. The molecule has 2 saturated heterocycles. The lowest BCUT2D eigenvalue weighted by molar-refractivity contribution is 0.197. The number of carbonyl (C=O) groups is 1. The van der Waals surface area contributed by atoms with Gasteiger partial charge < -0.3 is 15.1 Å². The summed E-state index contributed by atoms with van der Waals surface area (Å²) in [5.41, 5.74) is 0. The maximum absolute atomic E-state index is 11.5. The van der Waals surface area contributed by atoms with E-state index in [9.17, 15) is 4.79 Å². The molecule has 2 aliphatic rings. The van der Waals surface area contributed by atoms with Gasteiger partial charge in [0.2, 0.25) is 5.95 Å². The molecule has 3 rings (SSSR count). The highest BCUT2D eigenvalue weighted by Gasteiger charge is 2.35. The lowest BCUT2D eigenvalue weighted by Gasteiger charge is -2.36. The van der Waals surface area contributed by atoms with Crippen LogP contribution in [0.2, 0.25) is 0 Å². The molecule has 7 heteroatoms. The molecule has 0 bridgehead atoms. The molecule has 1 atom stereocenters. The van der Waals surface area contributed by atoms with Crippen molar-refractivity contribution in [2.24, 2.45) is 0 Å². The largest absolute Gasteiger partial charge is 0.337 e. The third-order valence-electron chi connectivity index (χ3n) is 3.12. The summed E-state index contributed by atoms with van der Waals surface area (Å²) in [6, 6.07) is 0.287. The standard InChI is InChI=1S/C10H12BrN5O/c11-7-3-12-9(13-4-7)15-1-2-16-8(6-15)5-14-10(16)17/h3-4,8H,1-2,5-6H2,(H,14,17). The van der Waals surface area contributed by atoms with Crippen LogP contribution in [0.4, 0.5) is 10.7 Å². The van der Waals surface area contributed by atoms with Gasteiger partial charge in [0.25, 0.3) is 0 Å². The number of anilines is 1. The summed E-state index contributed by atoms with van der Waals surface area (Å²) in [6.07, 6.45) is 3.49. The van der Waals surface area contributed by atoms with E-state index in [-0.39, 0.29) is 12.1 Å². The van der Waals surface area contributed by atoms with Crippen molar-refractivity contribution in [2.45, 2.75) is 6.04 Å². The van der Waals surface area contributed by atoms with Gasteiger partial charge in [-0.05, 0) is 15.9 Å². The summed E-state index contributed by atoms with van der Waals surface area (Å²) >= 11 is 3.32. The molecular formula is C10H12BrN5O. The van der Waals surface area contributed by atoms with E-state index in [1.807, 2.05) is 4.90 Å². The third-order valence-corrected chi connectivity index (χ3v) is 3.53. The van der Waals surface area contributed by atoms with Gasteiger partial charge >= 0.3 is 6.03 Å². The molecule has 3 heterocycles. The molecule has 1 unspecified atom stereocenters. The first-order chi connectivity index (χ1) is 8.24. The zero-order chi connectivity index (χ0) is 11.8. The van der Waals surface area contributed by atoms with Gasteiger partial charge in [-0.15, -0.1) is 0 Å². The first-order valence-corrected chi connectivity index (χ1v) is 6.30. The van der Waals surface area contributed by atoms with Crippen LogP contribution in [-0.2, 0) is 0 Å². The number of amides is 2. The van der Waals surface area contributed by atoms with Crippen LogP contribution in [0, 0.1) is 0 Å². The second-order valence-electron chi connectivity index (χ2n) is 4.18. The SMILES string of the molecule is O=C1NCC2CN(c3ncc(Br)cn3)CCN12. The first kappa shape index (κ1) is 10.8. The molecule has 0 saturated carbocycles. The van der Waals surface area contributed by atoms with Crippen LogP contribution in [0.1, 0.15) is 0 Å². The molecule has 0 radical (unpaired) electrons. The van der Waals surface area contributed by atoms with Crippen LogP contribution < -0.4 is 10.2 Å². The van der Waals surface area contributed by atoms with E-state index in [2.05, 4.69) is 36.1 Å². The van der Waals surface area contributed by atoms with Gasteiger partial charge in [0.1, 0.15) is 0 Å². The number of nitrogens with one attached hydrogen (secondary N) is 1. The van der Waals surface area contributed by atoms with Crippen LogP contribution in [0.15, 0.2) is 16.9 Å². The second kappa shape index (κ2) is 4.14. The molecule has 0 aliphatic carbocycles. The zero-order valence-corrected chi connectivity index (χ0v) is 10.7. The van der Waals surface area contributed by atoms with Crippen molar-refractivity contribution in [3.05, 3.63) is 16.9 Å². The average molecular weight is 298 g/mol. The summed E-state index contributed by atoms with van der Waals surface area (Å²) in [4.78, 5) is 24.0. The Balaban J connectivity index is 1.75. The van der Waals surface area contributed by atoms with Gasteiger partial charge in [-0.3, -0.25) is 0 Å². The smallest absolute Gasteiger partial charge is 0.317 e. The van der Waals surface area contributed by atoms with E-state index in [0.29, 0.717) is 6.54 Å². The van der Waals surface area contributed by atoms with Gasteiger partial charge in [0.15, 0.2) is 0 Å². The van der Waals surface area contributed by atoms with Crippen molar-refractivity contribution in [3.8, 4) is 0 Å². The minimum atomic E-state index is 0.0476. The van der Waals surface area contributed by atoms with E-state index in [0.717, 1.165) is 30.1 Å². The van der Waals surface area contributed by atoms with Crippen LogP contribution in [0.3, 0.4) is 0 Å². The first-order valence-electron chi connectivity index (χ1n) is 5.51. The number of hydrogen-bond donors (Lipinski definition) is 1. The third kappa shape index (κ3) is 1.95. The van der Waals surface area contributed by atoms with Crippen molar-refractivity contribution in [3.63, 3.8) is 0 Å². The van der Waals surface area contributed by atoms with Crippen molar-refractivity contribution in [1.29, 1.82) is 0 Å². The Morgan fingerprint density at radius 2 is 2.12 bits per heavy atom. The van der Waals surface area contributed by atoms with Gasteiger partial charge in [-0.1, -0.05) is 0 Å². The number of fused-ring (bicyclic) bond motifs is 1. The molecule has 1 aromatic rings. The van der Waals surface area contributed by atoms with Crippen molar-refractivity contribution in [1.82, 2.24) is 20.2 Å². The fourth-order valence-electron chi connectivity index (χ4n) is 2.25. The summed E-state index contributed by atoms with van der Waals surface area (Å²) in [5.74, 6) is 0.729. The maximum Gasteiger partial charge on any atom is 0.317 e. The molecule has 0 aromatic carbocycles. The number of aromatic nitrogens is 2. The van der Waals surface area contributed by atoms with E-state index >= 15 is 0 Å². The van der Waals surface area contributed by atoms with Crippen molar-refractivity contribution >= 4 is 27.9 Å². The van der Waals surface area contributed by atoms with E-state index in [4.69, 9.17) is 0 Å². The van der Waals surface area contributed by atoms with E-state index < -0.39 is 0 Å². The molecule has 2 amide bonds. The molecule has 1 N–H and O–H groups in total. The van der Waals surface area contributed by atoms with Crippen LogP contribution in [-0.4, -0.2) is 53.1 Å². The number of halogens is 1. The van der Waals surface area contributed by atoms with Gasteiger partial charge in [0, 0.05) is 38.6 Å². The molecule has 2 aliphatic heterocycles. The van der Waals surface area contributed by atoms with Crippen LogP contribution in [0.5, 0.6) is 0 Å². The number of carbonyl (C=O) groups excluding carboxylic acids is 1. The summed E-state index contributed by atoms with van der Waals surface area (Å²) in [7, 11) is 0. The topological polar surface area (TPSA) is 61.4 Å². The Morgan fingerprint density at radius 3 is 2.88 bits per heavy atom.